The van der Waals surface area contributed by atoms with Gasteiger partial charge in [-0.2, -0.15) is 5.26 Å². The minimum absolute atomic E-state index is 0.0564. The van der Waals surface area contributed by atoms with Gasteiger partial charge in [-0.05, 0) is 42.0 Å². The molecule has 0 saturated heterocycles. The second-order valence-corrected chi connectivity index (χ2v) is 6.59. The number of nitrogens with zero attached hydrogens (tertiary/aromatic N) is 2. The predicted molar refractivity (Wildman–Crippen MR) is 101 cm³/mol. The highest BCUT2D eigenvalue weighted by Gasteiger charge is 2.14. The first-order valence-corrected chi connectivity index (χ1v) is 8.47. The van der Waals surface area contributed by atoms with Crippen LogP contribution in [0.2, 0.25) is 15.1 Å². The predicted octanol–water partition coefficient (Wildman–Crippen LogP) is 5.40. The molecule has 0 atom stereocenters. The van der Waals surface area contributed by atoms with Crippen LogP contribution < -0.4 is 5.56 Å². The lowest BCUT2D eigenvalue weighted by molar-refractivity contribution is 0.766. The Balaban J connectivity index is 2.21. The van der Waals surface area contributed by atoms with E-state index in [0.717, 1.165) is 5.56 Å². The van der Waals surface area contributed by atoms with Gasteiger partial charge in [-0.3, -0.25) is 4.79 Å². The van der Waals surface area contributed by atoms with E-state index in [0.29, 0.717) is 26.3 Å². The summed E-state index contributed by atoms with van der Waals surface area (Å²) in [4.78, 5) is 12.7. The molecule has 0 saturated carbocycles. The Bertz CT molecular complexity index is 1010. The average molecular weight is 390 g/mol. The fraction of sp³-hybridized carbons (Fsp3) is 0.0526. The molecule has 0 spiro atoms. The van der Waals surface area contributed by atoms with E-state index in [1.54, 1.807) is 36.4 Å². The van der Waals surface area contributed by atoms with E-state index in [1.165, 1.54) is 10.6 Å². The van der Waals surface area contributed by atoms with Crippen molar-refractivity contribution in [1.82, 2.24) is 4.57 Å². The summed E-state index contributed by atoms with van der Waals surface area (Å²) in [6.07, 6.45) is 0. The van der Waals surface area contributed by atoms with Gasteiger partial charge in [0.15, 0.2) is 0 Å². The molecule has 0 radical (unpaired) electrons. The molecule has 0 N–H and O–H groups in total. The Morgan fingerprint density at radius 2 is 1.56 bits per heavy atom. The van der Waals surface area contributed by atoms with Crippen LogP contribution in [0.5, 0.6) is 0 Å². The third kappa shape index (κ3) is 3.57. The van der Waals surface area contributed by atoms with Gasteiger partial charge in [-0.1, -0.05) is 53.0 Å². The quantitative estimate of drug-likeness (QED) is 0.602. The van der Waals surface area contributed by atoms with E-state index >= 15 is 0 Å². The van der Waals surface area contributed by atoms with Crippen LogP contribution in [0.4, 0.5) is 0 Å². The first kappa shape index (κ1) is 17.6. The van der Waals surface area contributed by atoms with E-state index in [4.69, 9.17) is 34.8 Å². The molecule has 25 heavy (non-hydrogen) atoms. The first-order valence-electron chi connectivity index (χ1n) is 7.34. The molecule has 0 aliphatic rings. The Kier molecular flexibility index (Phi) is 5.15. The largest absolute Gasteiger partial charge is 0.303 e. The fourth-order valence-corrected chi connectivity index (χ4v) is 3.18. The molecule has 0 unspecified atom stereocenters. The molecule has 124 valence electrons. The number of hydrogen-bond acceptors (Lipinski definition) is 2. The minimum Gasteiger partial charge on any atom is -0.303 e. The summed E-state index contributed by atoms with van der Waals surface area (Å²) in [7, 11) is 0. The average Bonchev–Trinajstić information content (AvgIpc) is 2.60. The molecule has 3 nitrogen and oxygen atoms in total. The zero-order valence-corrected chi connectivity index (χ0v) is 15.1. The Morgan fingerprint density at radius 1 is 0.920 bits per heavy atom. The van der Waals surface area contributed by atoms with Crippen molar-refractivity contribution in [2.24, 2.45) is 0 Å². The maximum Gasteiger partial charge on any atom is 0.269 e. The van der Waals surface area contributed by atoms with E-state index in [2.05, 4.69) is 0 Å². The maximum absolute atomic E-state index is 12.7. The van der Waals surface area contributed by atoms with Crippen LogP contribution in [-0.4, -0.2) is 4.57 Å². The second-order valence-electron chi connectivity index (χ2n) is 5.34. The summed E-state index contributed by atoms with van der Waals surface area (Å²) < 4.78 is 1.49. The van der Waals surface area contributed by atoms with Crippen LogP contribution in [0.3, 0.4) is 0 Å². The summed E-state index contributed by atoms with van der Waals surface area (Å²) in [6, 6.07) is 17.4. The minimum atomic E-state index is -0.397. The van der Waals surface area contributed by atoms with Crippen molar-refractivity contribution in [2.75, 3.05) is 0 Å². The monoisotopic (exact) mass is 388 g/mol. The molecule has 0 aliphatic heterocycles. The molecule has 0 fully saturated rings. The molecule has 3 rings (SSSR count). The molecule has 1 heterocycles. The van der Waals surface area contributed by atoms with Gasteiger partial charge < -0.3 is 4.57 Å². The van der Waals surface area contributed by atoms with E-state index < -0.39 is 5.56 Å². The molecule has 2 aromatic carbocycles. The van der Waals surface area contributed by atoms with Gasteiger partial charge in [0.1, 0.15) is 11.6 Å². The van der Waals surface area contributed by atoms with Crippen molar-refractivity contribution >= 4 is 34.8 Å². The number of rotatable bonds is 3. The van der Waals surface area contributed by atoms with Gasteiger partial charge >= 0.3 is 0 Å². The third-order valence-corrected chi connectivity index (χ3v) is 4.77. The third-order valence-electron chi connectivity index (χ3n) is 3.81. The second kappa shape index (κ2) is 7.33. The summed E-state index contributed by atoms with van der Waals surface area (Å²) in [5.74, 6) is 0. The zero-order chi connectivity index (χ0) is 18.0. The van der Waals surface area contributed by atoms with Gasteiger partial charge in [-0.25, -0.2) is 0 Å². The Labute approximate surface area is 159 Å². The normalized spacial score (nSPS) is 10.5. The van der Waals surface area contributed by atoms with Crippen LogP contribution in [0.15, 0.2) is 59.4 Å². The van der Waals surface area contributed by atoms with E-state index in [1.807, 2.05) is 18.2 Å². The van der Waals surface area contributed by atoms with Crippen molar-refractivity contribution in [3.05, 3.63) is 91.1 Å². The number of hydrogen-bond donors (Lipinski definition) is 0. The Morgan fingerprint density at radius 3 is 2.16 bits per heavy atom. The molecule has 0 bridgehead atoms. The van der Waals surface area contributed by atoms with Crippen molar-refractivity contribution in [1.29, 1.82) is 5.26 Å². The van der Waals surface area contributed by atoms with Gasteiger partial charge in [0.2, 0.25) is 0 Å². The first-order chi connectivity index (χ1) is 12.0. The van der Waals surface area contributed by atoms with Crippen molar-refractivity contribution in [3.8, 4) is 17.3 Å². The van der Waals surface area contributed by atoms with Gasteiger partial charge in [0.05, 0.1) is 12.2 Å². The maximum atomic E-state index is 12.7. The summed E-state index contributed by atoms with van der Waals surface area (Å²) >= 11 is 18.4. The molecule has 3 aromatic rings. The van der Waals surface area contributed by atoms with E-state index in [9.17, 15) is 10.1 Å². The van der Waals surface area contributed by atoms with Crippen LogP contribution in [0, 0.1) is 11.3 Å². The van der Waals surface area contributed by atoms with Crippen LogP contribution in [0.1, 0.15) is 11.1 Å². The molecule has 6 heteroatoms. The molecular formula is C19H11Cl3N2O. The summed E-state index contributed by atoms with van der Waals surface area (Å²) in [6.45, 7) is 0.158. The van der Waals surface area contributed by atoms with E-state index in [-0.39, 0.29) is 12.1 Å². The van der Waals surface area contributed by atoms with Gasteiger partial charge in [-0.15, -0.1) is 0 Å². The highest BCUT2D eigenvalue weighted by atomic mass is 35.5. The Hall–Kier alpha value is -2.25. The smallest absolute Gasteiger partial charge is 0.269 e. The number of pyridine rings is 1. The number of aromatic nitrogens is 1. The summed E-state index contributed by atoms with van der Waals surface area (Å²) in [5, 5.41) is 10.7. The number of nitriles is 1. The van der Waals surface area contributed by atoms with Crippen LogP contribution in [0.25, 0.3) is 11.3 Å². The fourth-order valence-electron chi connectivity index (χ4n) is 2.53. The van der Waals surface area contributed by atoms with Gasteiger partial charge in [0.25, 0.3) is 5.56 Å². The van der Waals surface area contributed by atoms with Crippen LogP contribution in [-0.2, 0) is 6.54 Å². The standard InChI is InChI=1S/C19H11Cl3N2O/c20-14-7-4-12(5-8-14)18-9-6-13(10-23)19(25)24(18)11-15-16(21)2-1-3-17(15)22/h1-9H,11H2. The molecule has 1 aromatic heterocycles. The number of benzene rings is 2. The highest BCUT2D eigenvalue weighted by molar-refractivity contribution is 6.36. The van der Waals surface area contributed by atoms with Crippen LogP contribution >= 0.6 is 34.8 Å². The lowest BCUT2D eigenvalue weighted by Crippen LogP contribution is -2.24. The topological polar surface area (TPSA) is 45.8 Å². The lowest BCUT2D eigenvalue weighted by atomic mass is 10.1. The summed E-state index contributed by atoms with van der Waals surface area (Å²) in [5.41, 5.74) is 1.73. The lowest BCUT2D eigenvalue weighted by Gasteiger charge is -2.15. The van der Waals surface area contributed by atoms with Crippen molar-refractivity contribution in [3.63, 3.8) is 0 Å². The zero-order valence-electron chi connectivity index (χ0n) is 12.8. The molecular weight excluding hydrogens is 379 g/mol. The van der Waals surface area contributed by atoms with Crippen molar-refractivity contribution < 1.29 is 0 Å². The van der Waals surface area contributed by atoms with Crippen molar-refractivity contribution in [2.45, 2.75) is 6.54 Å². The molecule has 0 aliphatic carbocycles. The van der Waals surface area contributed by atoms with Gasteiger partial charge in [0, 0.05) is 20.6 Å². The SMILES string of the molecule is N#Cc1ccc(-c2ccc(Cl)cc2)n(Cc2c(Cl)cccc2Cl)c1=O. The number of halogens is 3. The molecule has 0 amide bonds. The highest BCUT2D eigenvalue weighted by Crippen LogP contribution is 2.27.